The van der Waals surface area contributed by atoms with Crippen LogP contribution >= 0.6 is 0 Å². The highest BCUT2D eigenvalue weighted by Crippen LogP contribution is 2.28. The summed E-state index contributed by atoms with van der Waals surface area (Å²) in [4.78, 5) is 22.0. The van der Waals surface area contributed by atoms with Gasteiger partial charge >= 0.3 is 0 Å². The van der Waals surface area contributed by atoms with Crippen LogP contribution in [0.1, 0.15) is 15.9 Å². The predicted octanol–water partition coefficient (Wildman–Crippen LogP) is 3.83. The molecule has 2 heterocycles. The van der Waals surface area contributed by atoms with Gasteiger partial charge in [-0.25, -0.2) is 4.98 Å². The Hall–Kier alpha value is -3.38. The van der Waals surface area contributed by atoms with Gasteiger partial charge in [-0.2, -0.15) is 0 Å². The first kappa shape index (κ1) is 20.9. The first-order valence-electron chi connectivity index (χ1n) is 10.6. The highest BCUT2D eigenvalue weighted by Gasteiger charge is 2.24. The normalized spacial score (nSPS) is 14.3. The van der Waals surface area contributed by atoms with Crippen molar-refractivity contribution in [2.24, 2.45) is 0 Å². The van der Waals surface area contributed by atoms with E-state index in [0.717, 1.165) is 44.8 Å². The zero-order valence-corrected chi connectivity index (χ0v) is 17.8. The molecule has 1 aromatic heterocycles. The summed E-state index contributed by atoms with van der Waals surface area (Å²) in [5.74, 6) is 1.26. The molecule has 1 fully saturated rings. The van der Waals surface area contributed by atoms with Crippen LogP contribution < -0.4 is 10.1 Å². The summed E-state index contributed by atoms with van der Waals surface area (Å²) >= 11 is 0. The molecule has 160 valence electrons. The van der Waals surface area contributed by atoms with Crippen LogP contribution in [0.15, 0.2) is 72.9 Å². The van der Waals surface area contributed by atoms with Crippen molar-refractivity contribution in [1.82, 2.24) is 14.8 Å². The van der Waals surface area contributed by atoms with Gasteiger partial charge in [0.1, 0.15) is 11.6 Å². The number of nitrogens with zero attached hydrogens (tertiary/aromatic N) is 3. The molecule has 0 aliphatic carbocycles. The number of rotatable bonds is 7. The van der Waals surface area contributed by atoms with Gasteiger partial charge in [-0.15, -0.1) is 0 Å². The monoisotopic (exact) mass is 416 g/mol. The van der Waals surface area contributed by atoms with Crippen molar-refractivity contribution in [1.29, 1.82) is 0 Å². The molecule has 0 radical (unpaired) electrons. The number of pyridine rings is 1. The fourth-order valence-electron chi connectivity index (χ4n) is 3.83. The third kappa shape index (κ3) is 5.22. The lowest BCUT2D eigenvalue weighted by molar-refractivity contribution is 0.0639. The molecule has 1 saturated heterocycles. The van der Waals surface area contributed by atoms with Crippen molar-refractivity contribution >= 4 is 17.4 Å². The molecule has 1 aliphatic rings. The molecule has 0 atom stereocenters. The summed E-state index contributed by atoms with van der Waals surface area (Å²) in [6.07, 6.45) is 2.72. The van der Waals surface area contributed by atoms with Crippen LogP contribution in [0, 0.1) is 0 Å². The standard InChI is InChI=1S/C25H28N4O2/c1-31-23-12-6-5-11-22(23)27-24-21(10-7-14-26-24)25(30)29-18-16-28(17-19-29)15-13-20-8-3-2-4-9-20/h2-12,14H,13,15-19H2,1H3,(H,26,27). The molecule has 6 nitrogen and oxygen atoms in total. The maximum atomic E-state index is 13.2. The van der Waals surface area contributed by atoms with Crippen LogP contribution in [-0.4, -0.2) is 60.5 Å². The molecular weight excluding hydrogens is 388 g/mol. The Labute approximate surface area is 183 Å². The Morgan fingerprint density at radius 1 is 0.968 bits per heavy atom. The number of carbonyl (C=O) groups is 1. The van der Waals surface area contributed by atoms with Gasteiger partial charge in [0, 0.05) is 38.9 Å². The minimum atomic E-state index is 0.00760. The van der Waals surface area contributed by atoms with E-state index in [1.165, 1.54) is 5.56 Å². The van der Waals surface area contributed by atoms with Crippen LogP contribution in [0.2, 0.25) is 0 Å². The SMILES string of the molecule is COc1ccccc1Nc1ncccc1C(=O)N1CCN(CCc2ccccc2)CC1. The Kier molecular flexibility index (Phi) is 6.79. The van der Waals surface area contributed by atoms with Crippen LogP contribution in [0.25, 0.3) is 0 Å². The second-order valence-electron chi connectivity index (χ2n) is 7.59. The Morgan fingerprint density at radius 2 is 1.71 bits per heavy atom. The van der Waals surface area contributed by atoms with E-state index in [1.54, 1.807) is 19.4 Å². The van der Waals surface area contributed by atoms with Gasteiger partial charge in [0.05, 0.1) is 18.4 Å². The van der Waals surface area contributed by atoms with Crippen molar-refractivity contribution < 1.29 is 9.53 Å². The quantitative estimate of drug-likeness (QED) is 0.634. The van der Waals surface area contributed by atoms with Gasteiger partial charge in [0.25, 0.3) is 5.91 Å². The van der Waals surface area contributed by atoms with Crippen molar-refractivity contribution in [3.05, 3.63) is 84.1 Å². The maximum Gasteiger partial charge on any atom is 0.257 e. The Balaban J connectivity index is 1.38. The highest BCUT2D eigenvalue weighted by molar-refractivity contribution is 5.99. The van der Waals surface area contributed by atoms with E-state index in [2.05, 4.69) is 39.5 Å². The number of benzene rings is 2. The number of methoxy groups -OCH3 is 1. The number of anilines is 2. The van der Waals surface area contributed by atoms with E-state index in [1.807, 2.05) is 41.3 Å². The smallest absolute Gasteiger partial charge is 0.257 e. The Morgan fingerprint density at radius 3 is 2.48 bits per heavy atom. The molecule has 0 spiro atoms. The first-order chi connectivity index (χ1) is 15.2. The van der Waals surface area contributed by atoms with Crippen LogP contribution in [0.3, 0.4) is 0 Å². The number of para-hydroxylation sites is 2. The highest BCUT2D eigenvalue weighted by atomic mass is 16.5. The number of amides is 1. The number of piperazine rings is 1. The fourth-order valence-corrected chi connectivity index (χ4v) is 3.83. The number of nitrogens with one attached hydrogen (secondary N) is 1. The summed E-state index contributed by atoms with van der Waals surface area (Å²) in [7, 11) is 1.63. The third-order valence-corrected chi connectivity index (χ3v) is 5.62. The zero-order chi connectivity index (χ0) is 21.5. The van der Waals surface area contributed by atoms with Crippen molar-refractivity contribution in [3.8, 4) is 5.75 Å². The molecule has 1 N–H and O–H groups in total. The first-order valence-corrected chi connectivity index (χ1v) is 10.6. The molecule has 0 saturated carbocycles. The second kappa shape index (κ2) is 10.1. The van der Waals surface area contributed by atoms with Crippen molar-refractivity contribution in [2.45, 2.75) is 6.42 Å². The third-order valence-electron chi connectivity index (χ3n) is 5.62. The van der Waals surface area contributed by atoms with E-state index in [9.17, 15) is 4.79 Å². The molecule has 4 rings (SSSR count). The number of hydrogen-bond donors (Lipinski definition) is 1. The molecule has 1 aliphatic heterocycles. The van der Waals surface area contributed by atoms with Crippen molar-refractivity contribution in [3.63, 3.8) is 0 Å². The minimum absolute atomic E-state index is 0.00760. The molecule has 31 heavy (non-hydrogen) atoms. The molecule has 2 aromatic carbocycles. The molecule has 0 unspecified atom stereocenters. The summed E-state index contributed by atoms with van der Waals surface area (Å²) in [6.45, 7) is 4.22. The fraction of sp³-hybridized carbons (Fsp3) is 0.280. The topological polar surface area (TPSA) is 57.7 Å². The van der Waals surface area contributed by atoms with Gasteiger partial charge in [0.2, 0.25) is 0 Å². The van der Waals surface area contributed by atoms with Gasteiger partial charge in [-0.05, 0) is 36.2 Å². The Bertz CT molecular complexity index is 1000. The molecule has 0 bridgehead atoms. The lowest BCUT2D eigenvalue weighted by Crippen LogP contribution is -2.49. The summed E-state index contributed by atoms with van der Waals surface area (Å²) in [6, 6.07) is 21.8. The average molecular weight is 417 g/mol. The summed E-state index contributed by atoms with van der Waals surface area (Å²) in [5, 5.41) is 3.27. The average Bonchev–Trinajstić information content (AvgIpc) is 2.84. The van der Waals surface area contributed by atoms with Crippen LogP contribution in [0.5, 0.6) is 5.75 Å². The van der Waals surface area contributed by atoms with Gasteiger partial charge < -0.3 is 15.0 Å². The van der Waals surface area contributed by atoms with E-state index >= 15 is 0 Å². The largest absolute Gasteiger partial charge is 0.495 e. The van der Waals surface area contributed by atoms with Crippen LogP contribution in [-0.2, 0) is 6.42 Å². The summed E-state index contributed by atoms with van der Waals surface area (Å²) in [5.41, 5.74) is 2.71. The van der Waals surface area contributed by atoms with Gasteiger partial charge in [-0.3, -0.25) is 9.69 Å². The number of hydrogen-bond acceptors (Lipinski definition) is 5. The predicted molar refractivity (Wildman–Crippen MR) is 123 cm³/mol. The molecule has 6 heteroatoms. The molecular formula is C25H28N4O2. The maximum absolute atomic E-state index is 13.2. The lowest BCUT2D eigenvalue weighted by atomic mass is 10.1. The number of carbonyl (C=O) groups excluding carboxylic acids is 1. The summed E-state index contributed by atoms with van der Waals surface area (Å²) < 4.78 is 5.41. The minimum Gasteiger partial charge on any atom is -0.495 e. The molecule has 1 amide bonds. The zero-order valence-electron chi connectivity index (χ0n) is 17.8. The van der Waals surface area contributed by atoms with Gasteiger partial charge in [-0.1, -0.05) is 42.5 Å². The van der Waals surface area contributed by atoms with Crippen LogP contribution in [0.4, 0.5) is 11.5 Å². The second-order valence-corrected chi connectivity index (χ2v) is 7.59. The lowest BCUT2D eigenvalue weighted by Gasteiger charge is -2.35. The number of aromatic nitrogens is 1. The molecule has 3 aromatic rings. The number of ether oxygens (including phenoxy) is 1. The van der Waals surface area contributed by atoms with Gasteiger partial charge in [0.15, 0.2) is 0 Å². The van der Waals surface area contributed by atoms with E-state index in [-0.39, 0.29) is 5.91 Å². The van der Waals surface area contributed by atoms with E-state index < -0.39 is 0 Å². The van der Waals surface area contributed by atoms with E-state index in [4.69, 9.17) is 4.74 Å². The van der Waals surface area contributed by atoms with E-state index in [0.29, 0.717) is 17.1 Å². The van der Waals surface area contributed by atoms with Crippen molar-refractivity contribution in [2.75, 3.05) is 45.2 Å².